The molecule has 1 aromatic heterocycles. The smallest absolute Gasteiger partial charge is 0.214 e. The van der Waals surface area contributed by atoms with Crippen LogP contribution in [-0.4, -0.2) is 46.2 Å². The summed E-state index contributed by atoms with van der Waals surface area (Å²) in [6, 6.07) is 14.0. The van der Waals surface area contributed by atoms with Crippen molar-refractivity contribution in [3.05, 3.63) is 52.5 Å². The number of hydrogen-bond acceptors (Lipinski definition) is 7. The molecule has 2 aromatic carbocycles. The molecule has 0 fully saturated rings. The third-order valence-corrected chi connectivity index (χ3v) is 5.67. The number of nitrogens with one attached hydrogen (secondary N) is 1. The van der Waals surface area contributed by atoms with E-state index in [1.165, 1.54) is 0 Å². The summed E-state index contributed by atoms with van der Waals surface area (Å²) in [5.74, 6) is 2.41. The van der Waals surface area contributed by atoms with Gasteiger partial charge in [0.2, 0.25) is 5.16 Å². The van der Waals surface area contributed by atoms with Gasteiger partial charge < -0.3 is 14.8 Å². The van der Waals surface area contributed by atoms with E-state index in [2.05, 4.69) is 42.8 Å². The van der Waals surface area contributed by atoms with Crippen molar-refractivity contribution in [1.82, 2.24) is 25.5 Å². The first-order valence-corrected chi connectivity index (χ1v) is 11.2. The lowest BCUT2D eigenvalue weighted by molar-refractivity contribution is 0.308. The Morgan fingerprint density at radius 1 is 1.20 bits per heavy atom. The minimum absolute atomic E-state index is 0. The average molecular weight is 515 g/mol. The van der Waals surface area contributed by atoms with E-state index in [1.807, 2.05) is 43.3 Å². The number of aromatic nitrogens is 4. The number of para-hydroxylation sites is 1. The van der Waals surface area contributed by atoms with Crippen LogP contribution in [-0.2, 0) is 6.54 Å². The molecule has 1 N–H and O–H groups in total. The molecule has 0 unspecified atom stereocenters. The number of methoxy groups -OCH3 is 1. The molecule has 0 spiro atoms. The van der Waals surface area contributed by atoms with Gasteiger partial charge in [-0.05, 0) is 76.1 Å². The number of benzene rings is 2. The second-order valence-corrected chi connectivity index (χ2v) is 8.05. The van der Waals surface area contributed by atoms with Crippen molar-refractivity contribution in [3.8, 4) is 17.2 Å². The summed E-state index contributed by atoms with van der Waals surface area (Å²) in [5.41, 5.74) is 2.10. The zero-order valence-electron chi connectivity index (χ0n) is 16.9. The van der Waals surface area contributed by atoms with Gasteiger partial charge in [0.05, 0.1) is 23.9 Å². The van der Waals surface area contributed by atoms with Gasteiger partial charge in [0.15, 0.2) is 11.5 Å². The van der Waals surface area contributed by atoms with Gasteiger partial charge in [0.1, 0.15) is 0 Å². The van der Waals surface area contributed by atoms with Crippen molar-refractivity contribution in [2.75, 3.05) is 26.0 Å². The van der Waals surface area contributed by atoms with E-state index in [-0.39, 0.29) is 12.4 Å². The van der Waals surface area contributed by atoms with Crippen LogP contribution >= 0.6 is 40.1 Å². The fourth-order valence-electron chi connectivity index (χ4n) is 2.75. The predicted octanol–water partition coefficient (Wildman–Crippen LogP) is 4.53. The van der Waals surface area contributed by atoms with Gasteiger partial charge in [-0.3, -0.25) is 0 Å². The molecule has 0 radical (unpaired) electrons. The van der Waals surface area contributed by atoms with E-state index in [0.717, 1.165) is 57.6 Å². The summed E-state index contributed by atoms with van der Waals surface area (Å²) in [4.78, 5) is 0. The summed E-state index contributed by atoms with van der Waals surface area (Å²) in [6.07, 6.45) is 1.00. The zero-order chi connectivity index (χ0) is 20.5. The Morgan fingerprint density at radius 2 is 2.00 bits per heavy atom. The van der Waals surface area contributed by atoms with Gasteiger partial charge in [0.25, 0.3) is 0 Å². The van der Waals surface area contributed by atoms with Gasteiger partial charge in [0, 0.05) is 12.3 Å². The molecule has 0 aliphatic rings. The fourth-order valence-corrected chi connectivity index (χ4v) is 4.19. The normalized spacial score (nSPS) is 10.5. The van der Waals surface area contributed by atoms with Crippen LogP contribution in [0.4, 0.5) is 0 Å². The third-order valence-electron chi connectivity index (χ3n) is 4.08. The SMILES string of the molecule is CCOc1c(Br)cc(CNCCCSc2nnnn2-c2ccccc2)cc1OC.Cl. The molecule has 0 aliphatic carbocycles. The van der Waals surface area contributed by atoms with Crippen LogP contribution in [0, 0.1) is 0 Å². The largest absolute Gasteiger partial charge is 0.493 e. The molecule has 30 heavy (non-hydrogen) atoms. The second-order valence-electron chi connectivity index (χ2n) is 6.13. The number of nitrogens with zero attached hydrogens (tertiary/aromatic N) is 4. The third kappa shape index (κ3) is 6.60. The van der Waals surface area contributed by atoms with Crippen LogP contribution in [0.1, 0.15) is 18.9 Å². The lowest BCUT2D eigenvalue weighted by Crippen LogP contribution is -2.15. The fraction of sp³-hybridized carbons (Fsp3) is 0.350. The minimum Gasteiger partial charge on any atom is -0.493 e. The maximum absolute atomic E-state index is 5.64. The molecule has 1 heterocycles. The number of halogens is 2. The highest BCUT2D eigenvalue weighted by Gasteiger charge is 2.11. The summed E-state index contributed by atoms with van der Waals surface area (Å²) >= 11 is 5.22. The van der Waals surface area contributed by atoms with Crippen LogP contribution in [0.2, 0.25) is 0 Å². The predicted molar refractivity (Wildman–Crippen MR) is 125 cm³/mol. The molecule has 0 bridgehead atoms. The number of hydrogen-bond donors (Lipinski definition) is 1. The van der Waals surface area contributed by atoms with Gasteiger partial charge in [-0.15, -0.1) is 17.5 Å². The van der Waals surface area contributed by atoms with Crippen LogP contribution in [0.3, 0.4) is 0 Å². The van der Waals surface area contributed by atoms with E-state index in [4.69, 9.17) is 9.47 Å². The first kappa shape index (κ1) is 24.5. The Bertz CT molecular complexity index is 913. The van der Waals surface area contributed by atoms with Gasteiger partial charge in [-0.25, -0.2) is 0 Å². The summed E-state index contributed by atoms with van der Waals surface area (Å²) in [7, 11) is 1.65. The molecule has 7 nitrogen and oxygen atoms in total. The van der Waals surface area contributed by atoms with Crippen LogP contribution < -0.4 is 14.8 Å². The number of rotatable bonds is 11. The molecular formula is C20H25BrClN5O2S. The van der Waals surface area contributed by atoms with Crippen molar-refractivity contribution in [2.24, 2.45) is 0 Å². The summed E-state index contributed by atoms with van der Waals surface area (Å²) in [6.45, 7) is 4.20. The number of tetrazole rings is 1. The zero-order valence-corrected chi connectivity index (χ0v) is 20.1. The molecule has 0 saturated carbocycles. The lowest BCUT2D eigenvalue weighted by atomic mass is 10.2. The van der Waals surface area contributed by atoms with Gasteiger partial charge in [-0.1, -0.05) is 30.0 Å². The quantitative estimate of drug-likeness (QED) is 0.298. The molecule has 0 atom stereocenters. The molecule has 0 saturated heterocycles. The molecule has 3 rings (SSSR count). The van der Waals surface area contributed by atoms with Crippen LogP contribution in [0.25, 0.3) is 5.69 Å². The Kier molecular flexibility index (Phi) is 10.4. The summed E-state index contributed by atoms with van der Waals surface area (Å²) < 4.78 is 13.7. The molecule has 3 aromatic rings. The average Bonchev–Trinajstić information content (AvgIpc) is 3.21. The minimum atomic E-state index is 0. The van der Waals surface area contributed by atoms with Crippen molar-refractivity contribution in [1.29, 1.82) is 0 Å². The Hall–Kier alpha value is -1.81. The second kappa shape index (κ2) is 12.8. The number of thioether (sulfide) groups is 1. The Morgan fingerprint density at radius 3 is 2.73 bits per heavy atom. The first-order valence-electron chi connectivity index (χ1n) is 9.39. The van der Waals surface area contributed by atoms with Crippen molar-refractivity contribution in [3.63, 3.8) is 0 Å². The van der Waals surface area contributed by atoms with E-state index < -0.39 is 0 Å². The standard InChI is InChI=1S/C20H24BrN5O2S.ClH/c1-3-28-19-17(21)12-15(13-18(19)27-2)14-22-10-7-11-29-20-23-24-25-26(20)16-8-5-4-6-9-16;/h4-6,8-9,12-13,22H,3,7,10-11,14H2,1-2H3;1H. The van der Waals surface area contributed by atoms with Crippen molar-refractivity contribution in [2.45, 2.75) is 25.0 Å². The van der Waals surface area contributed by atoms with Crippen LogP contribution in [0.5, 0.6) is 11.5 Å². The molecule has 0 aliphatic heterocycles. The van der Waals surface area contributed by atoms with E-state index in [0.29, 0.717) is 6.61 Å². The summed E-state index contributed by atoms with van der Waals surface area (Å²) in [5, 5.41) is 16.3. The van der Waals surface area contributed by atoms with Crippen LogP contribution in [0.15, 0.2) is 52.1 Å². The van der Waals surface area contributed by atoms with Crippen molar-refractivity contribution < 1.29 is 9.47 Å². The Labute approximate surface area is 195 Å². The van der Waals surface area contributed by atoms with Crippen molar-refractivity contribution >= 4 is 40.1 Å². The first-order chi connectivity index (χ1) is 14.2. The molecule has 162 valence electrons. The highest BCUT2D eigenvalue weighted by Crippen LogP contribution is 2.36. The highest BCUT2D eigenvalue weighted by molar-refractivity contribution is 9.10. The maximum atomic E-state index is 5.64. The Balaban J connectivity index is 0.00000320. The molecule has 0 amide bonds. The lowest BCUT2D eigenvalue weighted by Gasteiger charge is -2.13. The van der Waals surface area contributed by atoms with E-state index in [9.17, 15) is 0 Å². The number of ether oxygens (including phenoxy) is 2. The maximum Gasteiger partial charge on any atom is 0.214 e. The highest BCUT2D eigenvalue weighted by atomic mass is 79.9. The molecular weight excluding hydrogens is 490 g/mol. The molecule has 10 heteroatoms. The van der Waals surface area contributed by atoms with E-state index >= 15 is 0 Å². The van der Waals surface area contributed by atoms with Gasteiger partial charge >= 0.3 is 0 Å². The van der Waals surface area contributed by atoms with E-state index in [1.54, 1.807) is 23.6 Å². The topological polar surface area (TPSA) is 74.1 Å². The van der Waals surface area contributed by atoms with Gasteiger partial charge in [-0.2, -0.15) is 4.68 Å². The monoisotopic (exact) mass is 513 g/mol.